The molecule has 1 unspecified atom stereocenters. The molecule has 1 amide bonds. The van der Waals surface area contributed by atoms with Crippen molar-refractivity contribution in [1.82, 2.24) is 0 Å². The average Bonchev–Trinajstić information content (AvgIpc) is 2.95. The third-order valence-corrected chi connectivity index (χ3v) is 8.20. The van der Waals surface area contributed by atoms with Crippen molar-refractivity contribution < 1.29 is 9.00 Å². The fraction of sp³-hybridized carbons (Fsp3) is 0.323. The summed E-state index contributed by atoms with van der Waals surface area (Å²) in [6, 6.07) is 18.6. The minimum Gasteiger partial charge on any atom is -0.322 e. The van der Waals surface area contributed by atoms with Gasteiger partial charge in [0.25, 0.3) is 5.91 Å². The van der Waals surface area contributed by atoms with Crippen molar-refractivity contribution >= 4 is 58.5 Å². The molecular formula is C31H37ClN4O2S. The summed E-state index contributed by atoms with van der Waals surface area (Å²) in [5, 5.41) is 3.26. The number of rotatable bonds is 8. The number of aliphatic imine (C=N–C) groups is 2. The smallest absolute Gasteiger partial charge is 0.257 e. The molecule has 0 saturated carbocycles. The van der Waals surface area contributed by atoms with E-state index < -0.39 is 11.0 Å². The number of carbonyl (C=O) groups is 1. The first-order valence-corrected chi connectivity index (χ1v) is 14.9. The maximum absolute atomic E-state index is 12.9. The van der Waals surface area contributed by atoms with Gasteiger partial charge >= 0.3 is 0 Å². The molecule has 1 aliphatic heterocycles. The van der Waals surface area contributed by atoms with E-state index in [1.807, 2.05) is 53.7 Å². The quantitative estimate of drug-likeness (QED) is 0.282. The molecule has 1 fully saturated rings. The molecule has 8 heteroatoms. The first-order chi connectivity index (χ1) is 18.9. The number of anilines is 2. The van der Waals surface area contributed by atoms with E-state index >= 15 is 0 Å². The lowest BCUT2D eigenvalue weighted by Crippen LogP contribution is -2.33. The first-order valence-electron chi connectivity index (χ1n) is 13.3. The standard InChI is InChI=1S/C27H27ClN4O2S.C4H10/c1-19-9-10-22(15-21(19)18-30-17-20-7-3-4-8-26(20)29-2)31-27(33)24-12-11-23(16-25(24)28)32-13-5-6-14-35(32)34;1-3-4-2/h3-4,7-12,15-17H,2,5-6,13-14,18H2,1H3,(H,31,33);3-4H2,1-2H3. The third kappa shape index (κ3) is 8.60. The average molecular weight is 565 g/mol. The lowest BCUT2D eigenvalue weighted by atomic mass is 10.1. The van der Waals surface area contributed by atoms with Crippen molar-refractivity contribution in [3.05, 3.63) is 87.9 Å². The minimum absolute atomic E-state index is 0.300. The Labute approximate surface area is 239 Å². The molecule has 4 rings (SSSR count). The van der Waals surface area contributed by atoms with Crippen molar-refractivity contribution in [2.75, 3.05) is 21.9 Å². The predicted octanol–water partition coefficient (Wildman–Crippen LogP) is 7.92. The SMILES string of the molecule is C=Nc1ccccc1C=NCc1cc(NC(=O)c2ccc(N3CCCCS3=O)cc2Cl)ccc1C.CCCC. The number of benzene rings is 3. The number of carbonyl (C=O) groups excluding carboxylic acids is 1. The zero-order valence-corrected chi connectivity index (χ0v) is 24.5. The third-order valence-electron chi connectivity index (χ3n) is 6.37. The summed E-state index contributed by atoms with van der Waals surface area (Å²) in [7, 11) is -1.05. The summed E-state index contributed by atoms with van der Waals surface area (Å²) < 4.78 is 14.2. The monoisotopic (exact) mass is 564 g/mol. The van der Waals surface area contributed by atoms with Crippen molar-refractivity contribution in [2.45, 2.75) is 53.0 Å². The van der Waals surface area contributed by atoms with E-state index in [1.54, 1.807) is 24.4 Å². The molecule has 3 aromatic carbocycles. The second-order valence-electron chi connectivity index (χ2n) is 9.28. The topological polar surface area (TPSA) is 74.1 Å². The number of para-hydroxylation sites is 1. The molecule has 1 N–H and O–H groups in total. The number of nitrogens with zero attached hydrogens (tertiary/aromatic N) is 3. The van der Waals surface area contributed by atoms with Crippen LogP contribution in [0.15, 0.2) is 70.6 Å². The highest BCUT2D eigenvalue weighted by Gasteiger charge is 2.20. The molecule has 3 aromatic rings. The van der Waals surface area contributed by atoms with Crippen molar-refractivity contribution in [2.24, 2.45) is 9.98 Å². The summed E-state index contributed by atoms with van der Waals surface area (Å²) in [4.78, 5) is 21.5. The van der Waals surface area contributed by atoms with E-state index in [-0.39, 0.29) is 5.91 Å². The van der Waals surface area contributed by atoms with Crippen molar-refractivity contribution in [3.63, 3.8) is 0 Å². The zero-order valence-electron chi connectivity index (χ0n) is 23.0. The van der Waals surface area contributed by atoms with Gasteiger partial charge in [0.1, 0.15) is 11.0 Å². The van der Waals surface area contributed by atoms with Gasteiger partial charge in [-0.3, -0.25) is 19.1 Å². The Morgan fingerprint density at radius 3 is 2.56 bits per heavy atom. The lowest BCUT2D eigenvalue weighted by molar-refractivity contribution is 0.102. The fourth-order valence-electron chi connectivity index (χ4n) is 3.88. The fourth-order valence-corrected chi connectivity index (χ4v) is 5.50. The molecule has 39 heavy (non-hydrogen) atoms. The van der Waals surface area contributed by atoms with Crippen LogP contribution < -0.4 is 9.62 Å². The highest BCUT2D eigenvalue weighted by Crippen LogP contribution is 2.28. The van der Waals surface area contributed by atoms with E-state index in [2.05, 4.69) is 35.9 Å². The summed E-state index contributed by atoms with van der Waals surface area (Å²) in [6.07, 6.45) is 6.37. The Bertz CT molecular complexity index is 1340. The number of nitrogens with one attached hydrogen (secondary N) is 1. The minimum atomic E-state index is -1.05. The Morgan fingerprint density at radius 2 is 1.87 bits per heavy atom. The number of unbranched alkanes of at least 4 members (excludes halogenated alkanes) is 1. The molecule has 1 saturated heterocycles. The van der Waals surface area contributed by atoms with Gasteiger partial charge in [-0.1, -0.05) is 62.6 Å². The van der Waals surface area contributed by atoms with Crippen LogP contribution in [0.3, 0.4) is 0 Å². The number of halogens is 1. The maximum atomic E-state index is 12.9. The van der Waals surface area contributed by atoms with Crippen LogP contribution in [0.25, 0.3) is 0 Å². The predicted molar refractivity (Wildman–Crippen MR) is 168 cm³/mol. The second kappa shape index (κ2) is 15.3. The van der Waals surface area contributed by atoms with Gasteiger partial charge in [-0.15, -0.1) is 0 Å². The van der Waals surface area contributed by atoms with E-state index in [1.165, 1.54) is 12.8 Å². The van der Waals surface area contributed by atoms with Gasteiger partial charge in [0.05, 0.1) is 28.5 Å². The molecular weight excluding hydrogens is 528 g/mol. The molecule has 1 heterocycles. The summed E-state index contributed by atoms with van der Waals surface area (Å²) in [6.45, 7) is 11.2. The number of hydrogen-bond acceptors (Lipinski definition) is 4. The van der Waals surface area contributed by atoms with Crippen LogP contribution in [-0.2, 0) is 17.5 Å². The van der Waals surface area contributed by atoms with Crippen LogP contribution >= 0.6 is 11.6 Å². The Morgan fingerprint density at radius 1 is 1.10 bits per heavy atom. The van der Waals surface area contributed by atoms with Crippen LogP contribution in [-0.4, -0.2) is 35.3 Å². The Hall–Kier alpha value is -3.29. The second-order valence-corrected chi connectivity index (χ2v) is 11.2. The first kappa shape index (κ1) is 30.3. The zero-order chi connectivity index (χ0) is 28.2. The van der Waals surface area contributed by atoms with Gasteiger partial charge in [-0.25, -0.2) is 4.21 Å². The number of aryl methyl sites for hydroxylation is 1. The summed E-state index contributed by atoms with van der Waals surface area (Å²) in [5.41, 5.74) is 5.56. The molecule has 0 radical (unpaired) electrons. The van der Waals surface area contributed by atoms with E-state index in [4.69, 9.17) is 11.6 Å². The highest BCUT2D eigenvalue weighted by atomic mass is 35.5. The van der Waals surface area contributed by atoms with Gasteiger partial charge in [-0.05, 0) is 74.0 Å². The molecule has 0 aliphatic carbocycles. The van der Waals surface area contributed by atoms with Crippen LogP contribution in [0.1, 0.15) is 66.6 Å². The van der Waals surface area contributed by atoms with E-state index in [0.717, 1.165) is 47.5 Å². The molecule has 6 nitrogen and oxygen atoms in total. The van der Waals surface area contributed by atoms with Gasteiger partial charge in [0.2, 0.25) is 0 Å². The van der Waals surface area contributed by atoms with Gasteiger partial charge in [-0.2, -0.15) is 0 Å². The molecule has 206 valence electrons. The normalized spacial score (nSPS) is 15.0. The van der Waals surface area contributed by atoms with E-state index in [0.29, 0.717) is 28.6 Å². The van der Waals surface area contributed by atoms with Crippen LogP contribution in [0, 0.1) is 6.92 Å². The Kier molecular flexibility index (Phi) is 11.9. The maximum Gasteiger partial charge on any atom is 0.257 e. The highest BCUT2D eigenvalue weighted by molar-refractivity contribution is 7.86. The van der Waals surface area contributed by atoms with E-state index in [9.17, 15) is 9.00 Å². The van der Waals surface area contributed by atoms with Crippen LogP contribution in [0.5, 0.6) is 0 Å². The van der Waals surface area contributed by atoms with Gasteiger partial charge in [0.15, 0.2) is 0 Å². The largest absolute Gasteiger partial charge is 0.322 e. The van der Waals surface area contributed by atoms with Crippen molar-refractivity contribution in [1.29, 1.82) is 0 Å². The van der Waals surface area contributed by atoms with Gasteiger partial charge < -0.3 is 5.32 Å². The lowest BCUT2D eigenvalue weighted by Gasteiger charge is -2.27. The number of amides is 1. The summed E-state index contributed by atoms with van der Waals surface area (Å²) >= 11 is 6.45. The molecule has 0 bridgehead atoms. The van der Waals surface area contributed by atoms with Crippen molar-refractivity contribution in [3.8, 4) is 0 Å². The Balaban J connectivity index is 0.000000983. The molecule has 0 spiro atoms. The molecule has 0 aromatic heterocycles. The van der Waals surface area contributed by atoms with Gasteiger partial charge in [0, 0.05) is 29.8 Å². The summed E-state index contributed by atoms with van der Waals surface area (Å²) in [5.74, 6) is 0.350. The molecule has 1 atom stereocenters. The number of hydrogen-bond donors (Lipinski definition) is 1. The molecule has 1 aliphatic rings. The van der Waals surface area contributed by atoms with Crippen LogP contribution in [0.4, 0.5) is 17.1 Å². The van der Waals surface area contributed by atoms with Crippen LogP contribution in [0.2, 0.25) is 5.02 Å².